The summed E-state index contributed by atoms with van der Waals surface area (Å²) >= 11 is 0. The van der Waals surface area contributed by atoms with Crippen LogP contribution in [0.4, 0.5) is 11.8 Å². The molecular formula is C22H19N7O2. The third-order valence-corrected chi connectivity index (χ3v) is 4.95. The molecule has 9 nitrogen and oxygen atoms in total. The number of nitrogens with zero attached hydrogens (tertiary/aromatic N) is 5. The zero-order valence-corrected chi connectivity index (χ0v) is 16.9. The smallest absolute Gasteiger partial charge is 0.257 e. The SMILES string of the molecule is CC1=C(C(=O)Nc2ccccn2)C(c2ccc(C)o2)n2nc(-c3cccnc3)nc2N1. The lowest BCUT2D eigenvalue weighted by atomic mass is 10.00. The summed E-state index contributed by atoms with van der Waals surface area (Å²) in [7, 11) is 0. The molecule has 1 atom stereocenters. The van der Waals surface area contributed by atoms with Gasteiger partial charge in [-0.05, 0) is 50.2 Å². The quantitative estimate of drug-likeness (QED) is 0.526. The van der Waals surface area contributed by atoms with E-state index < -0.39 is 6.04 Å². The van der Waals surface area contributed by atoms with Crippen LogP contribution in [-0.2, 0) is 4.79 Å². The molecule has 0 bridgehead atoms. The Morgan fingerprint density at radius 1 is 1.13 bits per heavy atom. The van der Waals surface area contributed by atoms with Crippen molar-refractivity contribution >= 4 is 17.7 Å². The van der Waals surface area contributed by atoms with Gasteiger partial charge in [0.25, 0.3) is 5.91 Å². The second kappa shape index (κ2) is 7.52. The average molecular weight is 413 g/mol. The van der Waals surface area contributed by atoms with Gasteiger partial charge in [0.1, 0.15) is 23.4 Å². The van der Waals surface area contributed by atoms with Crippen molar-refractivity contribution in [2.45, 2.75) is 19.9 Å². The summed E-state index contributed by atoms with van der Waals surface area (Å²) in [6, 6.07) is 12.2. The Labute approximate surface area is 177 Å². The molecule has 154 valence electrons. The molecule has 31 heavy (non-hydrogen) atoms. The van der Waals surface area contributed by atoms with Crippen LogP contribution >= 0.6 is 0 Å². The third-order valence-electron chi connectivity index (χ3n) is 4.95. The summed E-state index contributed by atoms with van der Waals surface area (Å²) in [5, 5.41) is 10.7. The van der Waals surface area contributed by atoms with Crippen molar-refractivity contribution in [3.63, 3.8) is 0 Å². The van der Waals surface area contributed by atoms with E-state index in [4.69, 9.17) is 4.42 Å². The molecule has 1 aliphatic heterocycles. The van der Waals surface area contributed by atoms with Crippen molar-refractivity contribution < 1.29 is 9.21 Å². The van der Waals surface area contributed by atoms with Crippen LogP contribution in [0, 0.1) is 6.92 Å². The monoisotopic (exact) mass is 413 g/mol. The van der Waals surface area contributed by atoms with Gasteiger partial charge < -0.3 is 15.1 Å². The van der Waals surface area contributed by atoms with E-state index >= 15 is 0 Å². The van der Waals surface area contributed by atoms with Gasteiger partial charge in [0.2, 0.25) is 5.95 Å². The number of allylic oxidation sites excluding steroid dienone is 1. The third kappa shape index (κ3) is 3.46. The van der Waals surface area contributed by atoms with Crippen molar-refractivity contribution in [3.8, 4) is 11.4 Å². The van der Waals surface area contributed by atoms with Gasteiger partial charge in [0.15, 0.2) is 5.82 Å². The van der Waals surface area contributed by atoms with Crippen molar-refractivity contribution in [1.82, 2.24) is 24.7 Å². The maximum absolute atomic E-state index is 13.3. The standard InChI is InChI=1S/C22H19N7O2/c1-13-8-9-16(31-13)19-18(21(30)26-17-7-3-4-11-24-17)14(2)25-22-27-20(28-29(19)22)15-6-5-10-23-12-15/h3-12,19H,1-2H3,(H,24,26,30)(H,25,27,28). The molecule has 2 N–H and O–H groups in total. The number of rotatable bonds is 4. The summed E-state index contributed by atoms with van der Waals surface area (Å²) in [6.45, 7) is 3.69. The van der Waals surface area contributed by atoms with Crippen molar-refractivity contribution in [2.75, 3.05) is 10.6 Å². The second-order valence-corrected chi connectivity index (χ2v) is 7.13. The molecule has 1 unspecified atom stereocenters. The number of aryl methyl sites for hydroxylation is 1. The van der Waals surface area contributed by atoms with E-state index in [-0.39, 0.29) is 5.91 Å². The maximum atomic E-state index is 13.3. The van der Waals surface area contributed by atoms with E-state index in [1.165, 1.54) is 0 Å². The van der Waals surface area contributed by atoms with Crippen LogP contribution in [0.1, 0.15) is 24.5 Å². The van der Waals surface area contributed by atoms with E-state index in [1.54, 1.807) is 35.4 Å². The Kier molecular flexibility index (Phi) is 4.55. The molecule has 0 aromatic carbocycles. The van der Waals surface area contributed by atoms with Gasteiger partial charge in [-0.15, -0.1) is 5.10 Å². The van der Waals surface area contributed by atoms with Crippen LogP contribution in [0.25, 0.3) is 11.4 Å². The first-order valence-corrected chi connectivity index (χ1v) is 9.73. The van der Waals surface area contributed by atoms with Crippen LogP contribution in [-0.4, -0.2) is 30.6 Å². The molecule has 1 aliphatic rings. The van der Waals surface area contributed by atoms with Crippen LogP contribution in [0.15, 0.2) is 76.7 Å². The normalized spacial score (nSPS) is 15.4. The van der Waals surface area contributed by atoms with Crippen LogP contribution in [0.3, 0.4) is 0 Å². The summed E-state index contributed by atoms with van der Waals surface area (Å²) in [5.41, 5.74) is 1.90. The van der Waals surface area contributed by atoms with Gasteiger partial charge in [-0.25, -0.2) is 9.67 Å². The Morgan fingerprint density at radius 3 is 2.74 bits per heavy atom. The number of fused-ring (bicyclic) bond motifs is 1. The highest BCUT2D eigenvalue weighted by molar-refractivity contribution is 6.05. The zero-order chi connectivity index (χ0) is 21.4. The summed E-state index contributed by atoms with van der Waals surface area (Å²) in [4.78, 5) is 26.2. The van der Waals surface area contributed by atoms with Crippen LogP contribution in [0.2, 0.25) is 0 Å². The van der Waals surface area contributed by atoms with Crippen molar-refractivity contribution in [3.05, 3.63) is 83.8 Å². The fourth-order valence-electron chi connectivity index (χ4n) is 3.55. The first-order valence-electron chi connectivity index (χ1n) is 9.73. The summed E-state index contributed by atoms with van der Waals surface area (Å²) in [5.74, 6) is 2.51. The van der Waals surface area contributed by atoms with Crippen LogP contribution < -0.4 is 10.6 Å². The Balaban J connectivity index is 1.59. The van der Waals surface area contributed by atoms with Gasteiger partial charge in [-0.2, -0.15) is 4.98 Å². The summed E-state index contributed by atoms with van der Waals surface area (Å²) in [6.07, 6.45) is 5.01. The number of carbonyl (C=O) groups excluding carboxylic acids is 1. The molecule has 0 spiro atoms. The second-order valence-electron chi connectivity index (χ2n) is 7.13. The lowest BCUT2D eigenvalue weighted by Crippen LogP contribution is -2.31. The molecule has 9 heteroatoms. The summed E-state index contributed by atoms with van der Waals surface area (Å²) < 4.78 is 7.58. The van der Waals surface area contributed by atoms with E-state index in [1.807, 2.05) is 44.2 Å². The first kappa shape index (κ1) is 18.7. The average Bonchev–Trinajstić information content (AvgIpc) is 3.40. The van der Waals surface area contributed by atoms with Crippen molar-refractivity contribution in [2.24, 2.45) is 0 Å². The minimum absolute atomic E-state index is 0.299. The fraction of sp³-hybridized carbons (Fsp3) is 0.136. The molecule has 0 aliphatic carbocycles. The molecule has 0 saturated heterocycles. The van der Waals surface area contributed by atoms with E-state index in [9.17, 15) is 4.79 Å². The largest absolute Gasteiger partial charge is 0.464 e. The Hall–Kier alpha value is -4.27. The minimum Gasteiger partial charge on any atom is -0.464 e. The molecule has 0 saturated carbocycles. The molecule has 4 aromatic rings. The van der Waals surface area contributed by atoms with Gasteiger partial charge in [-0.3, -0.25) is 9.78 Å². The maximum Gasteiger partial charge on any atom is 0.257 e. The molecule has 0 fully saturated rings. The number of nitrogens with one attached hydrogen (secondary N) is 2. The lowest BCUT2D eigenvalue weighted by Gasteiger charge is -2.26. The van der Waals surface area contributed by atoms with Gasteiger partial charge in [0.05, 0.1) is 5.57 Å². The van der Waals surface area contributed by atoms with Gasteiger partial charge in [0, 0.05) is 29.9 Å². The molecule has 1 amide bonds. The first-order chi connectivity index (χ1) is 15.1. The predicted octanol–water partition coefficient (Wildman–Crippen LogP) is 3.56. The number of anilines is 2. The highest BCUT2D eigenvalue weighted by Gasteiger charge is 2.36. The zero-order valence-electron chi connectivity index (χ0n) is 16.9. The Morgan fingerprint density at radius 2 is 2.03 bits per heavy atom. The van der Waals surface area contributed by atoms with Crippen molar-refractivity contribution in [1.29, 1.82) is 0 Å². The van der Waals surface area contributed by atoms with E-state index in [0.29, 0.717) is 34.6 Å². The number of amides is 1. The van der Waals surface area contributed by atoms with E-state index in [2.05, 4.69) is 30.7 Å². The topological polar surface area (TPSA) is 111 Å². The molecular weight excluding hydrogens is 394 g/mol. The van der Waals surface area contributed by atoms with Gasteiger partial charge >= 0.3 is 0 Å². The van der Waals surface area contributed by atoms with Crippen LogP contribution in [0.5, 0.6) is 0 Å². The number of pyridine rings is 2. The molecule has 5 rings (SSSR count). The number of carbonyl (C=O) groups is 1. The minimum atomic E-state index is -0.591. The highest BCUT2D eigenvalue weighted by Crippen LogP contribution is 2.37. The molecule has 5 heterocycles. The number of hydrogen-bond acceptors (Lipinski definition) is 7. The highest BCUT2D eigenvalue weighted by atomic mass is 16.3. The Bertz CT molecular complexity index is 1280. The number of hydrogen-bond donors (Lipinski definition) is 2. The molecule has 0 radical (unpaired) electrons. The fourth-order valence-corrected chi connectivity index (χ4v) is 3.55. The number of furan rings is 1. The van der Waals surface area contributed by atoms with Gasteiger partial charge in [-0.1, -0.05) is 6.07 Å². The lowest BCUT2D eigenvalue weighted by molar-refractivity contribution is -0.113. The van der Waals surface area contributed by atoms with E-state index in [0.717, 1.165) is 11.3 Å². The predicted molar refractivity (Wildman–Crippen MR) is 114 cm³/mol. The number of aromatic nitrogens is 5. The molecule has 4 aromatic heterocycles.